The first kappa shape index (κ1) is 14.2. The van der Waals surface area contributed by atoms with Gasteiger partial charge in [0.05, 0.1) is 0 Å². The number of benzene rings is 2. The molecule has 2 aromatic rings. The van der Waals surface area contributed by atoms with E-state index in [1.807, 2.05) is 12.1 Å². The summed E-state index contributed by atoms with van der Waals surface area (Å²) < 4.78 is 26.5. The maximum atomic E-state index is 13.6. The molecule has 0 heterocycles. The van der Waals surface area contributed by atoms with Crippen LogP contribution in [0.2, 0.25) is 0 Å². The molecule has 1 atom stereocenters. The Balaban J connectivity index is 2.25. The van der Waals surface area contributed by atoms with E-state index in [4.69, 9.17) is 0 Å². The lowest BCUT2D eigenvalue weighted by molar-refractivity contribution is 0.571. The fourth-order valence-corrected chi connectivity index (χ4v) is 2.95. The molecular weight excluding hydrogens is 310 g/mol. The van der Waals surface area contributed by atoms with Crippen molar-refractivity contribution in [3.8, 4) is 0 Å². The summed E-state index contributed by atoms with van der Waals surface area (Å²) in [4.78, 5) is 0.0207. The van der Waals surface area contributed by atoms with Crippen LogP contribution in [0.1, 0.15) is 27.1 Å². The standard InChI is InChI=1S/C16H15BrF2/c1-10-4-3-5-14(11(10)2)15(17)8-12-6-7-13(18)9-16(12)19/h3-7,9,15H,8H2,1-2H3. The summed E-state index contributed by atoms with van der Waals surface area (Å²) in [5.41, 5.74) is 4.07. The summed E-state index contributed by atoms with van der Waals surface area (Å²) in [6.07, 6.45) is 0.496. The molecule has 0 fully saturated rings. The van der Waals surface area contributed by atoms with Gasteiger partial charge in [-0.25, -0.2) is 8.78 Å². The van der Waals surface area contributed by atoms with Crippen molar-refractivity contribution in [3.05, 3.63) is 70.3 Å². The second kappa shape index (κ2) is 5.83. The zero-order valence-electron chi connectivity index (χ0n) is 10.9. The van der Waals surface area contributed by atoms with Gasteiger partial charge >= 0.3 is 0 Å². The lowest BCUT2D eigenvalue weighted by atomic mass is 9.97. The van der Waals surface area contributed by atoms with Gasteiger partial charge in [0.25, 0.3) is 0 Å². The van der Waals surface area contributed by atoms with E-state index in [0.717, 1.165) is 11.6 Å². The van der Waals surface area contributed by atoms with Crippen LogP contribution in [0.3, 0.4) is 0 Å². The van der Waals surface area contributed by atoms with E-state index < -0.39 is 11.6 Å². The molecule has 1 unspecified atom stereocenters. The molecule has 0 saturated carbocycles. The Morgan fingerprint density at radius 1 is 1.11 bits per heavy atom. The number of hydrogen-bond donors (Lipinski definition) is 0. The highest BCUT2D eigenvalue weighted by atomic mass is 79.9. The molecule has 0 N–H and O–H groups in total. The molecule has 19 heavy (non-hydrogen) atoms. The minimum atomic E-state index is -0.542. The van der Waals surface area contributed by atoms with Gasteiger partial charge in [-0.1, -0.05) is 40.2 Å². The predicted octanol–water partition coefficient (Wildman–Crippen LogP) is 5.26. The van der Waals surface area contributed by atoms with Crippen LogP contribution in [-0.4, -0.2) is 0 Å². The first-order chi connectivity index (χ1) is 8.99. The summed E-state index contributed by atoms with van der Waals surface area (Å²) in [5, 5.41) is 0. The first-order valence-corrected chi connectivity index (χ1v) is 7.04. The number of halogens is 3. The molecule has 2 rings (SSSR count). The summed E-state index contributed by atoms with van der Waals surface area (Å²) in [5.74, 6) is -1.03. The summed E-state index contributed by atoms with van der Waals surface area (Å²) in [7, 11) is 0. The van der Waals surface area contributed by atoms with Crippen molar-refractivity contribution in [2.24, 2.45) is 0 Å². The third kappa shape index (κ3) is 3.21. The van der Waals surface area contributed by atoms with Gasteiger partial charge in [0.1, 0.15) is 11.6 Å². The second-order valence-electron chi connectivity index (χ2n) is 4.70. The van der Waals surface area contributed by atoms with Gasteiger partial charge in [0.15, 0.2) is 0 Å². The summed E-state index contributed by atoms with van der Waals surface area (Å²) in [6.45, 7) is 4.11. The van der Waals surface area contributed by atoms with E-state index in [9.17, 15) is 8.78 Å². The minimum Gasteiger partial charge on any atom is -0.207 e. The highest BCUT2D eigenvalue weighted by Gasteiger charge is 2.14. The summed E-state index contributed by atoms with van der Waals surface area (Å²) >= 11 is 3.60. The lowest BCUT2D eigenvalue weighted by Crippen LogP contribution is -2.01. The Labute approximate surface area is 120 Å². The lowest BCUT2D eigenvalue weighted by Gasteiger charge is -2.15. The normalized spacial score (nSPS) is 12.5. The largest absolute Gasteiger partial charge is 0.207 e. The van der Waals surface area contributed by atoms with Crippen molar-refractivity contribution in [3.63, 3.8) is 0 Å². The van der Waals surface area contributed by atoms with Crippen LogP contribution in [0, 0.1) is 25.5 Å². The van der Waals surface area contributed by atoms with Crippen molar-refractivity contribution in [2.75, 3.05) is 0 Å². The smallest absolute Gasteiger partial charge is 0.129 e. The van der Waals surface area contributed by atoms with Gasteiger partial charge in [-0.05, 0) is 48.6 Å². The minimum absolute atomic E-state index is 0.0207. The Hall–Kier alpha value is -1.22. The SMILES string of the molecule is Cc1cccc(C(Br)Cc2ccc(F)cc2F)c1C. The third-order valence-electron chi connectivity index (χ3n) is 3.40. The van der Waals surface area contributed by atoms with E-state index >= 15 is 0 Å². The van der Waals surface area contributed by atoms with Gasteiger partial charge in [-0.15, -0.1) is 0 Å². The maximum Gasteiger partial charge on any atom is 0.129 e. The number of hydrogen-bond acceptors (Lipinski definition) is 0. The molecule has 3 heteroatoms. The van der Waals surface area contributed by atoms with Crippen LogP contribution in [-0.2, 0) is 6.42 Å². The Morgan fingerprint density at radius 3 is 2.53 bits per heavy atom. The van der Waals surface area contributed by atoms with Crippen LogP contribution >= 0.6 is 15.9 Å². The Kier molecular flexibility index (Phi) is 4.35. The fraction of sp³-hybridized carbons (Fsp3) is 0.250. The van der Waals surface area contributed by atoms with Gasteiger partial charge in [-0.2, -0.15) is 0 Å². The third-order valence-corrected chi connectivity index (χ3v) is 4.22. The first-order valence-electron chi connectivity index (χ1n) is 6.13. The molecule has 100 valence electrons. The van der Waals surface area contributed by atoms with E-state index in [-0.39, 0.29) is 4.83 Å². The zero-order chi connectivity index (χ0) is 14.0. The Morgan fingerprint density at radius 2 is 1.84 bits per heavy atom. The second-order valence-corrected chi connectivity index (χ2v) is 5.80. The van der Waals surface area contributed by atoms with Crippen LogP contribution in [0.15, 0.2) is 36.4 Å². The molecule has 0 aromatic heterocycles. The van der Waals surface area contributed by atoms with E-state index in [1.165, 1.54) is 23.3 Å². The average Bonchev–Trinajstić information content (AvgIpc) is 2.36. The van der Waals surface area contributed by atoms with Crippen LogP contribution in [0.25, 0.3) is 0 Å². The van der Waals surface area contributed by atoms with Crippen molar-refractivity contribution in [1.82, 2.24) is 0 Å². The molecule has 0 aliphatic heterocycles. The highest BCUT2D eigenvalue weighted by molar-refractivity contribution is 9.09. The quantitative estimate of drug-likeness (QED) is 0.675. The molecule has 0 aliphatic carbocycles. The fourth-order valence-electron chi connectivity index (χ4n) is 2.10. The van der Waals surface area contributed by atoms with E-state index in [1.54, 1.807) is 0 Å². The monoisotopic (exact) mass is 324 g/mol. The van der Waals surface area contributed by atoms with Crippen molar-refractivity contribution in [2.45, 2.75) is 25.1 Å². The van der Waals surface area contributed by atoms with Gasteiger partial charge < -0.3 is 0 Å². The maximum absolute atomic E-state index is 13.6. The van der Waals surface area contributed by atoms with Crippen molar-refractivity contribution < 1.29 is 8.78 Å². The van der Waals surface area contributed by atoms with Crippen LogP contribution in [0.5, 0.6) is 0 Å². The number of alkyl halides is 1. The highest BCUT2D eigenvalue weighted by Crippen LogP contribution is 2.31. The predicted molar refractivity (Wildman–Crippen MR) is 77.6 cm³/mol. The molecule has 0 spiro atoms. The van der Waals surface area contributed by atoms with Gasteiger partial charge in [0.2, 0.25) is 0 Å². The average molecular weight is 325 g/mol. The molecule has 0 bridgehead atoms. The molecule has 0 aliphatic rings. The molecule has 0 nitrogen and oxygen atoms in total. The van der Waals surface area contributed by atoms with Gasteiger partial charge in [0, 0.05) is 10.9 Å². The summed E-state index contributed by atoms with van der Waals surface area (Å²) in [6, 6.07) is 9.80. The zero-order valence-corrected chi connectivity index (χ0v) is 12.5. The van der Waals surface area contributed by atoms with Gasteiger partial charge in [-0.3, -0.25) is 0 Å². The van der Waals surface area contributed by atoms with E-state index in [0.29, 0.717) is 12.0 Å². The molecule has 0 saturated heterocycles. The van der Waals surface area contributed by atoms with E-state index in [2.05, 4.69) is 35.8 Å². The van der Waals surface area contributed by atoms with Crippen molar-refractivity contribution in [1.29, 1.82) is 0 Å². The molecule has 0 radical (unpaired) electrons. The Bertz CT molecular complexity index is 593. The molecular formula is C16H15BrF2. The topological polar surface area (TPSA) is 0 Å². The number of aryl methyl sites for hydroxylation is 1. The number of rotatable bonds is 3. The van der Waals surface area contributed by atoms with Crippen LogP contribution in [0.4, 0.5) is 8.78 Å². The molecule has 2 aromatic carbocycles. The van der Waals surface area contributed by atoms with Crippen molar-refractivity contribution >= 4 is 15.9 Å². The van der Waals surface area contributed by atoms with Crippen LogP contribution < -0.4 is 0 Å². The molecule has 0 amide bonds.